The number of nitrogens with one attached hydrogen (secondary N) is 1. The monoisotopic (exact) mass is 616 g/mol. The van der Waals surface area contributed by atoms with Crippen molar-refractivity contribution in [3.05, 3.63) is 108 Å². The Hall–Kier alpha value is -4.41. The number of likely N-dealkylation sites (tertiary alicyclic amines) is 1. The van der Waals surface area contributed by atoms with Gasteiger partial charge in [-0.3, -0.25) is 15.0 Å². The van der Waals surface area contributed by atoms with Crippen LogP contribution in [-0.2, 0) is 35.1 Å². The first-order valence-electron chi connectivity index (χ1n) is 15.0. The van der Waals surface area contributed by atoms with Gasteiger partial charge in [-0.05, 0) is 51.3 Å². The summed E-state index contributed by atoms with van der Waals surface area (Å²) in [4.78, 5) is 42.1. The molecular weight excluding hydrogens is 576 g/mol. The van der Waals surface area contributed by atoms with Crippen LogP contribution in [0.5, 0.6) is 0 Å². The molecular formula is C35H40N2O8. The van der Waals surface area contributed by atoms with E-state index in [2.05, 4.69) is 5.32 Å². The molecule has 2 saturated heterocycles. The van der Waals surface area contributed by atoms with Crippen LogP contribution in [0.25, 0.3) is 0 Å². The summed E-state index contributed by atoms with van der Waals surface area (Å²) in [5.74, 6) is -2.66. The van der Waals surface area contributed by atoms with Gasteiger partial charge in [-0.25, -0.2) is 9.59 Å². The Morgan fingerprint density at radius 2 is 1.40 bits per heavy atom. The number of alkyl carbamates (subject to hydrolysis) is 1. The molecule has 0 aromatic heterocycles. The summed E-state index contributed by atoms with van der Waals surface area (Å²) in [5.41, 5.74) is 1.53. The lowest BCUT2D eigenvalue weighted by Crippen LogP contribution is -2.67. The molecule has 4 atom stereocenters. The average molecular weight is 617 g/mol. The number of fused-ring (bicyclic) bond motifs is 1. The normalized spacial score (nSPS) is 22.3. The Bertz CT molecular complexity index is 1420. The first kappa shape index (κ1) is 32.0. The van der Waals surface area contributed by atoms with Gasteiger partial charge in [-0.2, -0.15) is 0 Å². The minimum absolute atomic E-state index is 0.0259. The maximum absolute atomic E-state index is 14.1. The van der Waals surface area contributed by atoms with Crippen LogP contribution in [-0.4, -0.2) is 59.4 Å². The van der Waals surface area contributed by atoms with Crippen LogP contribution in [0.2, 0.25) is 0 Å². The summed E-state index contributed by atoms with van der Waals surface area (Å²) in [6.07, 6.45) is -5.04. The van der Waals surface area contributed by atoms with Gasteiger partial charge in [0.15, 0.2) is 11.9 Å². The number of nitrogens with zero attached hydrogens (tertiary/aromatic N) is 1. The molecule has 3 aromatic rings. The molecule has 0 radical (unpaired) electrons. The minimum atomic E-state index is -1.12. The number of carbonyl (C=O) groups excluding carboxylic acids is 3. The Morgan fingerprint density at radius 3 is 1.96 bits per heavy atom. The molecule has 2 aliphatic heterocycles. The van der Waals surface area contributed by atoms with Gasteiger partial charge in [-0.1, -0.05) is 91.0 Å². The van der Waals surface area contributed by atoms with Gasteiger partial charge >= 0.3 is 18.2 Å². The first-order valence-corrected chi connectivity index (χ1v) is 15.0. The fraction of sp³-hybridized carbons (Fsp3) is 0.400. The van der Waals surface area contributed by atoms with Crippen molar-refractivity contribution in [1.29, 1.82) is 0 Å². The van der Waals surface area contributed by atoms with Crippen LogP contribution in [0.15, 0.2) is 91.0 Å². The zero-order chi connectivity index (χ0) is 32.2. The third kappa shape index (κ3) is 8.01. The van der Waals surface area contributed by atoms with Crippen molar-refractivity contribution >= 4 is 18.2 Å². The highest BCUT2D eigenvalue weighted by atomic mass is 16.8. The topological polar surface area (TPSA) is 113 Å². The number of benzene rings is 3. The third-order valence-electron chi connectivity index (χ3n) is 7.45. The number of ether oxygens (including phenoxy) is 5. The van der Waals surface area contributed by atoms with E-state index < -0.39 is 59.9 Å². The van der Waals surface area contributed by atoms with Crippen LogP contribution >= 0.6 is 0 Å². The van der Waals surface area contributed by atoms with E-state index in [1.807, 2.05) is 91.0 Å². The van der Waals surface area contributed by atoms with Crippen LogP contribution in [0.1, 0.15) is 57.4 Å². The molecule has 2 aliphatic rings. The number of carbonyl (C=O) groups is 3. The molecule has 0 unspecified atom stereocenters. The van der Waals surface area contributed by atoms with Gasteiger partial charge in [-0.15, -0.1) is 0 Å². The molecule has 5 rings (SSSR count). The first-order chi connectivity index (χ1) is 21.4. The van der Waals surface area contributed by atoms with Gasteiger partial charge in [0, 0.05) is 6.54 Å². The molecule has 2 heterocycles. The van der Waals surface area contributed by atoms with Crippen LogP contribution in [0.3, 0.4) is 0 Å². The summed E-state index contributed by atoms with van der Waals surface area (Å²) in [6.45, 7) is 8.51. The summed E-state index contributed by atoms with van der Waals surface area (Å²) in [6, 6.07) is 28.1. The summed E-state index contributed by atoms with van der Waals surface area (Å²) >= 11 is 0. The van der Waals surface area contributed by atoms with Gasteiger partial charge in [0.1, 0.15) is 36.5 Å². The molecule has 10 nitrogen and oxygen atoms in total. The van der Waals surface area contributed by atoms with Gasteiger partial charge in [0.25, 0.3) is 0 Å². The molecule has 0 saturated carbocycles. The second kappa shape index (κ2) is 13.3. The highest BCUT2D eigenvalue weighted by molar-refractivity contribution is 5.77. The van der Waals surface area contributed by atoms with Crippen LogP contribution < -0.4 is 5.32 Å². The molecule has 45 heavy (non-hydrogen) atoms. The van der Waals surface area contributed by atoms with Gasteiger partial charge < -0.3 is 23.7 Å². The predicted octanol–water partition coefficient (Wildman–Crippen LogP) is 5.96. The lowest BCUT2D eigenvalue weighted by Gasteiger charge is -2.44. The number of rotatable bonds is 7. The van der Waals surface area contributed by atoms with Crippen molar-refractivity contribution in [1.82, 2.24) is 10.2 Å². The van der Waals surface area contributed by atoms with Crippen molar-refractivity contribution < 1.29 is 38.1 Å². The standard InChI is InChI=1S/C35H40N2O8/c1-34(2,3)45-33(40)37-21-26(31(38)42-27(24-17-11-7-12-18-24)25-19-13-8-14-20-25)28-29(44-35(4,5)43-28)30(37)36-32(39)41-22-23-15-9-6-10-16-23/h6-20,26-30H,21-22H2,1-5H3,(H,36,39)/t26-,28-,29-,30-/m0/s1. The molecule has 238 valence electrons. The fourth-order valence-electron chi connectivity index (χ4n) is 5.53. The molecule has 2 amide bonds. The third-order valence-corrected chi connectivity index (χ3v) is 7.45. The molecule has 10 heteroatoms. The van der Waals surface area contributed by atoms with Crippen molar-refractivity contribution in [2.75, 3.05) is 6.54 Å². The fourth-order valence-corrected chi connectivity index (χ4v) is 5.53. The summed E-state index contributed by atoms with van der Waals surface area (Å²) < 4.78 is 29.9. The molecule has 2 fully saturated rings. The van der Waals surface area contributed by atoms with E-state index in [9.17, 15) is 14.4 Å². The minimum Gasteiger partial charge on any atom is -0.452 e. The number of piperidine rings is 1. The SMILES string of the molecule is CC(C)(C)OC(=O)N1C[C@H](C(=O)OC(c2ccccc2)c2ccccc2)[C@@H]2OC(C)(C)O[C@@H]2[C@H]1NC(=O)OCc1ccccc1. The quantitative estimate of drug-likeness (QED) is 0.256. The van der Waals surface area contributed by atoms with E-state index in [1.165, 1.54) is 4.90 Å². The van der Waals surface area contributed by atoms with E-state index in [4.69, 9.17) is 23.7 Å². The molecule has 0 spiro atoms. The van der Waals surface area contributed by atoms with E-state index in [1.54, 1.807) is 34.6 Å². The van der Waals surface area contributed by atoms with E-state index >= 15 is 0 Å². The largest absolute Gasteiger partial charge is 0.452 e. The van der Waals surface area contributed by atoms with Crippen molar-refractivity contribution in [2.24, 2.45) is 5.92 Å². The maximum Gasteiger partial charge on any atom is 0.412 e. The number of esters is 1. The lowest BCUT2D eigenvalue weighted by molar-refractivity contribution is -0.167. The second-order valence-electron chi connectivity index (χ2n) is 12.6. The Balaban J connectivity index is 1.43. The van der Waals surface area contributed by atoms with Gasteiger partial charge in [0.05, 0.1) is 0 Å². The average Bonchev–Trinajstić information content (AvgIpc) is 3.34. The van der Waals surface area contributed by atoms with Crippen molar-refractivity contribution in [3.8, 4) is 0 Å². The Morgan fingerprint density at radius 1 is 0.867 bits per heavy atom. The molecule has 0 aliphatic carbocycles. The van der Waals surface area contributed by atoms with Crippen LogP contribution in [0, 0.1) is 5.92 Å². The summed E-state index contributed by atoms with van der Waals surface area (Å²) in [7, 11) is 0. The second-order valence-corrected chi connectivity index (χ2v) is 12.6. The summed E-state index contributed by atoms with van der Waals surface area (Å²) in [5, 5.41) is 2.77. The predicted molar refractivity (Wildman–Crippen MR) is 165 cm³/mol. The molecule has 3 aromatic carbocycles. The zero-order valence-electron chi connectivity index (χ0n) is 26.2. The lowest BCUT2D eigenvalue weighted by atomic mass is 9.90. The number of amides is 2. The molecule has 1 N–H and O–H groups in total. The van der Waals surface area contributed by atoms with E-state index in [-0.39, 0.29) is 13.2 Å². The van der Waals surface area contributed by atoms with Crippen LogP contribution in [0.4, 0.5) is 9.59 Å². The Kier molecular flexibility index (Phi) is 9.45. The number of hydrogen-bond acceptors (Lipinski definition) is 8. The smallest absolute Gasteiger partial charge is 0.412 e. The Labute approximate surface area is 263 Å². The highest BCUT2D eigenvalue weighted by Gasteiger charge is 2.58. The zero-order valence-corrected chi connectivity index (χ0v) is 26.2. The highest BCUT2D eigenvalue weighted by Crippen LogP contribution is 2.40. The van der Waals surface area contributed by atoms with Gasteiger partial charge in [0.2, 0.25) is 0 Å². The van der Waals surface area contributed by atoms with Crippen molar-refractivity contribution in [3.63, 3.8) is 0 Å². The van der Waals surface area contributed by atoms with E-state index in [0.717, 1.165) is 16.7 Å². The number of hydrogen-bond donors (Lipinski definition) is 1. The molecule has 0 bridgehead atoms. The maximum atomic E-state index is 14.1. The van der Waals surface area contributed by atoms with Crippen molar-refractivity contribution in [2.45, 2.75) is 77.1 Å². The van der Waals surface area contributed by atoms with E-state index in [0.29, 0.717) is 0 Å².